The van der Waals surface area contributed by atoms with Gasteiger partial charge in [0.2, 0.25) is 0 Å². The standard InChI is InChI=1S/C12H8N.CH3.Y/c1-3-7-11-9(5-1)10-6-2-4-8-12(10)13-11;;/h1-8H;1H3;/q2*-1;. The normalized spacial score (nSPS) is 9.60. The first-order chi connectivity index (χ1) is 6.45. The van der Waals surface area contributed by atoms with Crippen molar-refractivity contribution in [2.75, 3.05) is 0 Å². The van der Waals surface area contributed by atoms with Crippen molar-refractivity contribution < 1.29 is 32.7 Å². The molecule has 3 rings (SSSR count). The van der Waals surface area contributed by atoms with Crippen LogP contribution in [-0.2, 0) is 32.7 Å². The van der Waals surface area contributed by atoms with Gasteiger partial charge in [0.25, 0.3) is 0 Å². The van der Waals surface area contributed by atoms with E-state index in [0.29, 0.717) is 0 Å². The van der Waals surface area contributed by atoms with Gasteiger partial charge >= 0.3 is 0 Å². The van der Waals surface area contributed by atoms with Gasteiger partial charge in [-0.25, -0.2) is 0 Å². The topological polar surface area (TPSA) is 14.1 Å². The van der Waals surface area contributed by atoms with Crippen molar-refractivity contribution in [1.29, 1.82) is 0 Å². The van der Waals surface area contributed by atoms with E-state index < -0.39 is 0 Å². The largest absolute Gasteiger partial charge is 0.657 e. The molecule has 2 heteroatoms. The average molecular weight is 270 g/mol. The van der Waals surface area contributed by atoms with E-state index >= 15 is 0 Å². The summed E-state index contributed by atoms with van der Waals surface area (Å²) in [6.07, 6.45) is 0. The van der Waals surface area contributed by atoms with Crippen molar-refractivity contribution >= 4 is 21.8 Å². The van der Waals surface area contributed by atoms with E-state index in [1.54, 1.807) is 0 Å². The van der Waals surface area contributed by atoms with Crippen molar-refractivity contribution in [2.45, 2.75) is 0 Å². The predicted molar refractivity (Wildman–Crippen MR) is 61.2 cm³/mol. The van der Waals surface area contributed by atoms with Crippen LogP contribution in [-0.4, -0.2) is 0 Å². The number of para-hydroxylation sites is 2. The minimum Gasteiger partial charge on any atom is -0.657 e. The number of nitrogens with zero attached hydrogens (tertiary/aromatic N) is 1. The Bertz CT molecular complexity index is 518. The molecule has 15 heavy (non-hydrogen) atoms. The minimum atomic E-state index is 0. The van der Waals surface area contributed by atoms with Gasteiger partial charge in [-0.15, -0.1) is 11.0 Å². The summed E-state index contributed by atoms with van der Waals surface area (Å²) in [5.74, 6) is 0. The van der Waals surface area contributed by atoms with Crippen LogP contribution in [0.4, 0.5) is 0 Å². The maximum absolute atomic E-state index is 4.52. The molecular weight excluding hydrogens is 259 g/mol. The molecule has 0 spiro atoms. The van der Waals surface area contributed by atoms with Gasteiger partial charge in [0.15, 0.2) is 0 Å². The Kier molecular flexibility index (Phi) is 4.07. The zero-order valence-corrected chi connectivity index (χ0v) is 11.5. The molecule has 0 bridgehead atoms. The Morgan fingerprint density at radius 3 is 1.53 bits per heavy atom. The molecule has 0 unspecified atom stereocenters. The molecule has 0 aliphatic carbocycles. The fraction of sp³-hybridized carbons (Fsp3) is 0. The second-order valence-electron chi connectivity index (χ2n) is 3.15. The summed E-state index contributed by atoms with van der Waals surface area (Å²) in [6, 6.07) is 16.5. The summed E-state index contributed by atoms with van der Waals surface area (Å²) in [5.41, 5.74) is 2.17. The van der Waals surface area contributed by atoms with Crippen LogP contribution >= 0.6 is 0 Å². The fourth-order valence-corrected chi connectivity index (χ4v) is 1.73. The van der Waals surface area contributed by atoms with Crippen molar-refractivity contribution in [3.8, 4) is 0 Å². The molecule has 0 fully saturated rings. The summed E-state index contributed by atoms with van der Waals surface area (Å²) in [7, 11) is 0. The number of rotatable bonds is 0. The van der Waals surface area contributed by atoms with Gasteiger partial charge in [0, 0.05) is 32.7 Å². The predicted octanol–water partition coefficient (Wildman–Crippen LogP) is 3.40. The molecular formula is C13H11NY-2. The molecule has 0 aliphatic heterocycles. The zero-order valence-electron chi connectivity index (χ0n) is 8.64. The van der Waals surface area contributed by atoms with Crippen LogP contribution < -0.4 is 4.98 Å². The third kappa shape index (κ3) is 1.99. The SMILES string of the molecule is [CH3-].[Y].c1ccc2c(c1)[n-]c1ccccc12. The second-order valence-corrected chi connectivity index (χ2v) is 3.15. The summed E-state index contributed by atoms with van der Waals surface area (Å²) in [5, 5.41) is 2.50. The van der Waals surface area contributed by atoms with Gasteiger partial charge in [-0.3, -0.25) is 0 Å². The summed E-state index contributed by atoms with van der Waals surface area (Å²) >= 11 is 0. The van der Waals surface area contributed by atoms with Crippen LogP contribution in [0.15, 0.2) is 48.5 Å². The van der Waals surface area contributed by atoms with Crippen molar-refractivity contribution in [1.82, 2.24) is 4.98 Å². The molecule has 3 aromatic rings. The van der Waals surface area contributed by atoms with Crippen molar-refractivity contribution in [3.63, 3.8) is 0 Å². The Balaban J connectivity index is 0.000000562. The molecule has 0 N–H and O–H groups in total. The van der Waals surface area contributed by atoms with E-state index in [-0.39, 0.29) is 40.1 Å². The fourth-order valence-electron chi connectivity index (χ4n) is 1.73. The van der Waals surface area contributed by atoms with Gasteiger partial charge in [0.05, 0.1) is 0 Å². The van der Waals surface area contributed by atoms with Gasteiger partial charge in [-0.2, -0.15) is 0 Å². The molecule has 0 saturated heterocycles. The third-order valence-electron chi connectivity index (χ3n) is 2.34. The number of hydrogen-bond acceptors (Lipinski definition) is 0. The molecule has 1 radical (unpaired) electrons. The van der Waals surface area contributed by atoms with Crippen molar-refractivity contribution in [2.24, 2.45) is 0 Å². The number of fused-ring (bicyclic) bond motifs is 3. The maximum Gasteiger partial charge on any atom is 0 e. The quantitative estimate of drug-likeness (QED) is 0.571. The number of aromatic nitrogens is 1. The summed E-state index contributed by atoms with van der Waals surface area (Å²) in [4.78, 5) is 4.52. The Morgan fingerprint density at radius 1 is 0.667 bits per heavy atom. The van der Waals surface area contributed by atoms with Crippen LogP contribution in [0, 0.1) is 7.43 Å². The molecule has 2 aromatic carbocycles. The molecule has 1 nitrogen and oxygen atoms in total. The van der Waals surface area contributed by atoms with E-state index in [2.05, 4.69) is 41.4 Å². The van der Waals surface area contributed by atoms with E-state index in [1.165, 1.54) is 10.8 Å². The Labute approximate surface area is 115 Å². The first kappa shape index (κ1) is 12.4. The summed E-state index contributed by atoms with van der Waals surface area (Å²) in [6.45, 7) is 0. The Hall–Kier alpha value is -0.656. The first-order valence-corrected chi connectivity index (χ1v) is 4.35. The smallest absolute Gasteiger partial charge is 0 e. The number of benzene rings is 2. The zero-order chi connectivity index (χ0) is 8.67. The second kappa shape index (κ2) is 4.91. The molecule has 1 heterocycles. The van der Waals surface area contributed by atoms with E-state index in [1.807, 2.05) is 12.1 Å². The minimum absolute atomic E-state index is 0. The van der Waals surface area contributed by atoms with Crippen LogP contribution in [0.25, 0.3) is 21.8 Å². The molecule has 1 aromatic heterocycles. The van der Waals surface area contributed by atoms with Crippen LogP contribution in [0.3, 0.4) is 0 Å². The molecule has 0 saturated carbocycles. The molecule has 0 aliphatic rings. The Morgan fingerprint density at radius 2 is 1.07 bits per heavy atom. The van der Waals surface area contributed by atoms with E-state index in [4.69, 9.17) is 0 Å². The summed E-state index contributed by atoms with van der Waals surface area (Å²) < 4.78 is 0. The van der Waals surface area contributed by atoms with Gasteiger partial charge in [0.1, 0.15) is 0 Å². The third-order valence-corrected chi connectivity index (χ3v) is 2.34. The van der Waals surface area contributed by atoms with Gasteiger partial charge in [-0.05, 0) is 10.8 Å². The van der Waals surface area contributed by atoms with Crippen molar-refractivity contribution in [3.05, 3.63) is 56.0 Å². The van der Waals surface area contributed by atoms with Crippen LogP contribution in [0.1, 0.15) is 0 Å². The molecule has 73 valence electrons. The van der Waals surface area contributed by atoms with Gasteiger partial charge in [-0.1, -0.05) is 48.5 Å². The van der Waals surface area contributed by atoms with Crippen LogP contribution in [0.5, 0.6) is 0 Å². The first-order valence-electron chi connectivity index (χ1n) is 4.35. The maximum atomic E-state index is 4.52. The van der Waals surface area contributed by atoms with E-state index in [0.717, 1.165) is 11.0 Å². The van der Waals surface area contributed by atoms with E-state index in [9.17, 15) is 0 Å². The van der Waals surface area contributed by atoms with Gasteiger partial charge < -0.3 is 12.4 Å². The number of hydrogen-bond donors (Lipinski definition) is 0. The molecule has 0 amide bonds. The molecule has 0 atom stereocenters. The average Bonchev–Trinajstić information content (AvgIpc) is 2.56. The van der Waals surface area contributed by atoms with Crippen LogP contribution in [0.2, 0.25) is 0 Å². The monoisotopic (exact) mass is 270 g/mol.